The summed E-state index contributed by atoms with van der Waals surface area (Å²) in [6.45, 7) is 5.12. The van der Waals surface area contributed by atoms with Crippen molar-refractivity contribution in [2.45, 2.75) is 57.3 Å². The highest BCUT2D eigenvalue weighted by Crippen LogP contribution is 2.42. The standard InChI is InChI=1S/C20H29N3O2.C2HF3O2/c24-18-12-17(13-18)19(25)23-10-5-20(6-11-23)3-8-22(9-4-20)15-16-2-1-7-21-14-16;3-2(4,5)1(6)7/h1-2,7,14,17-18,24H,3-6,8-13,15H2;(H,6,7). The largest absolute Gasteiger partial charge is 0.490 e. The van der Waals surface area contributed by atoms with E-state index in [0.29, 0.717) is 18.3 Å². The Morgan fingerprint density at radius 1 is 1.09 bits per heavy atom. The fourth-order valence-corrected chi connectivity index (χ4v) is 4.68. The minimum absolute atomic E-state index is 0.0883. The molecule has 1 spiro atoms. The van der Waals surface area contributed by atoms with Crippen molar-refractivity contribution in [1.29, 1.82) is 0 Å². The zero-order valence-corrected chi connectivity index (χ0v) is 17.9. The van der Waals surface area contributed by atoms with E-state index < -0.39 is 12.1 Å². The molecule has 3 aliphatic rings. The van der Waals surface area contributed by atoms with Gasteiger partial charge in [0.2, 0.25) is 5.91 Å². The van der Waals surface area contributed by atoms with Gasteiger partial charge in [-0.05, 0) is 68.7 Å². The van der Waals surface area contributed by atoms with Crippen molar-refractivity contribution in [3.8, 4) is 0 Å². The first kappa shape index (κ1) is 24.4. The summed E-state index contributed by atoms with van der Waals surface area (Å²) in [5.74, 6) is -2.38. The van der Waals surface area contributed by atoms with Crippen LogP contribution in [0.15, 0.2) is 24.5 Å². The highest BCUT2D eigenvalue weighted by molar-refractivity contribution is 5.80. The molecule has 0 radical (unpaired) electrons. The molecule has 7 nitrogen and oxygen atoms in total. The first-order chi connectivity index (χ1) is 15.1. The third-order valence-corrected chi connectivity index (χ3v) is 6.89. The second kappa shape index (κ2) is 10.2. The number of aromatic nitrogens is 1. The summed E-state index contributed by atoms with van der Waals surface area (Å²) in [5.41, 5.74) is 1.74. The van der Waals surface area contributed by atoms with Gasteiger partial charge < -0.3 is 15.1 Å². The van der Waals surface area contributed by atoms with Gasteiger partial charge in [-0.1, -0.05) is 6.07 Å². The van der Waals surface area contributed by atoms with Crippen molar-refractivity contribution < 1.29 is 33.0 Å². The molecule has 1 amide bonds. The van der Waals surface area contributed by atoms with E-state index in [0.717, 1.165) is 45.6 Å². The monoisotopic (exact) mass is 457 g/mol. The summed E-state index contributed by atoms with van der Waals surface area (Å²) in [6, 6.07) is 4.16. The number of aliphatic hydroxyl groups excluding tert-OH is 1. The predicted octanol–water partition coefficient (Wildman–Crippen LogP) is 2.69. The molecule has 1 aromatic heterocycles. The van der Waals surface area contributed by atoms with Crippen LogP contribution in [0.1, 0.15) is 44.1 Å². The van der Waals surface area contributed by atoms with Crippen LogP contribution in [0.3, 0.4) is 0 Å². The molecule has 4 rings (SSSR count). The summed E-state index contributed by atoms with van der Waals surface area (Å²) in [6.07, 6.45) is 4.60. The summed E-state index contributed by atoms with van der Waals surface area (Å²) in [4.78, 5) is 30.2. The Morgan fingerprint density at radius 3 is 2.12 bits per heavy atom. The van der Waals surface area contributed by atoms with Gasteiger partial charge in [0.05, 0.1) is 6.10 Å². The molecule has 32 heavy (non-hydrogen) atoms. The van der Waals surface area contributed by atoms with Crippen molar-refractivity contribution in [1.82, 2.24) is 14.8 Å². The molecule has 0 aromatic carbocycles. The molecule has 3 heterocycles. The van der Waals surface area contributed by atoms with Crippen molar-refractivity contribution in [2.24, 2.45) is 11.3 Å². The third kappa shape index (κ3) is 6.41. The minimum Gasteiger partial charge on any atom is -0.475 e. The highest BCUT2D eigenvalue weighted by atomic mass is 19.4. The van der Waals surface area contributed by atoms with Gasteiger partial charge in [-0.3, -0.25) is 14.7 Å². The van der Waals surface area contributed by atoms with Gasteiger partial charge in [0, 0.05) is 37.9 Å². The Hall–Kier alpha value is -2.20. The molecular formula is C22H30F3N3O4. The number of rotatable bonds is 3. The van der Waals surface area contributed by atoms with Gasteiger partial charge in [-0.25, -0.2) is 4.79 Å². The normalized spacial score (nSPS) is 25.4. The van der Waals surface area contributed by atoms with Gasteiger partial charge in [0.15, 0.2) is 0 Å². The van der Waals surface area contributed by atoms with Crippen molar-refractivity contribution in [2.75, 3.05) is 26.2 Å². The average molecular weight is 457 g/mol. The number of amides is 1. The number of aliphatic carboxylic acids is 1. The number of carbonyl (C=O) groups excluding carboxylic acids is 1. The number of carboxylic acid groups (broad SMARTS) is 1. The molecule has 1 aliphatic carbocycles. The number of hydrogen-bond donors (Lipinski definition) is 2. The smallest absolute Gasteiger partial charge is 0.475 e. The van der Waals surface area contributed by atoms with Crippen LogP contribution < -0.4 is 0 Å². The van der Waals surface area contributed by atoms with E-state index in [1.54, 1.807) is 0 Å². The zero-order chi connectivity index (χ0) is 23.4. The van der Waals surface area contributed by atoms with Gasteiger partial charge in [0.25, 0.3) is 0 Å². The lowest BCUT2D eigenvalue weighted by atomic mass is 9.70. The molecule has 0 atom stereocenters. The van der Waals surface area contributed by atoms with Crippen molar-refractivity contribution in [3.63, 3.8) is 0 Å². The number of carbonyl (C=O) groups is 2. The second-order valence-corrected chi connectivity index (χ2v) is 9.09. The van der Waals surface area contributed by atoms with Gasteiger partial charge in [0.1, 0.15) is 0 Å². The Kier molecular flexibility index (Phi) is 7.76. The van der Waals surface area contributed by atoms with Gasteiger partial charge in [-0.2, -0.15) is 13.2 Å². The number of pyridine rings is 1. The van der Waals surface area contributed by atoms with Crippen molar-refractivity contribution in [3.05, 3.63) is 30.1 Å². The van der Waals surface area contributed by atoms with E-state index in [2.05, 4.69) is 20.9 Å². The Labute approximate surface area is 185 Å². The fraction of sp³-hybridized carbons (Fsp3) is 0.682. The van der Waals surface area contributed by atoms with Gasteiger partial charge >= 0.3 is 12.1 Å². The lowest BCUT2D eigenvalue weighted by molar-refractivity contribution is -0.192. The van der Waals surface area contributed by atoms with E-state index in [9.17, 15) is 23.1 Å². The number of hydrogen-bond acceptors (Lipinski definition) is 5. The maximum Gasteiger partial charge on any atom is 0.490 e. The molecule has 1 saturated carbocycles. The van der Waals surface area contributed by atoms with Gasteiger partial charge in [-0.15, -0.1) is 0 Å². The maximum absolute atomic E-state index is 12.5. The molecule has 0 unspecified atom stereocenters. The first-order valence-corrected chi connectivity index (χ1v) is 11.0. The second-order valence-electron chi connectivity index (χ2n) is 9.09. The number of likely N-dealkylation sites (tertiary alicyclic amines) is 2. The lowest BCUT2D eigenvalue weighted by Crippen LogP contribution is -2.51. The number of alkyl halides is 3. The number of halogens is 3. The number of carboxylic acids is 1. The van der Waals surface area contributed by atoms with Crippen LogP contribution in [0, 0.1) is 11.3 Å². The third-order valence-electron chi connectivity index (χ3n) is 6.89. The number of aliphatic hydroxyl groups is 1. The van der Waals surface area contributed by atoms with Crippen LogP contribution in [-0.2, 0) is 16.1 Å². The SMILES string of the molecule is O=C(C1CC(O)C1)N1CCC2(CCN(Cc3cccnc3)CC2)CC1.O=C(O)C(F)(F)F. The summed E-state index contributed by atoms with van der Waals surface area (Å²) < 4.78 is 31.7. The van der Waals surface area contributed by atoms with Crippen LogP contribution in [0.25, 0.3) is 0 Å². The van der Waals surface area contributed by atoms with E-state index in [4.69, 9.17) is 9.90 Å². The fourth-order valence-electron chi connectivity index (χ4n) is 4.68. The first-order valence-electron chi connectivity index (χ1n) is 11.0. The Bertz CT molecular complexity index is 766. The lowest BCUT2D eigenvalue weighted by Gasteiger charge is -2.48. The minimum atomic E-state index is -5.08. The molecule has 2 saturated heterocycles. The van der Waals surface area contributed by atoms with E-state index in [1.165, 1.54) is 18.4 Å². The summed E-state index contributed by atoms with van der Waals surface area (Å²) in [5, 5.41) is 16.5. The maximum atomic E-state index is 12.5. The van der Waals surface area contributed by atoms with E-state index in [-0.39, 0.29) is 17.9 Å². The zero-order valence-electron chi connectivity index (χ0n) is 17.9. The van der Waals surface area contributed by atoms with Crippen LogP contribution in [0.5, 0.6) is 0 Å². The molecule has 10 heteroatoms. The van der Waals surface area contributed by atoms with Crippen LogP contribution in [0.2, 0.25) is 0 Å². The van der Waals surface area contributed by atoms with Crippen LogP contribution in [-0.4, -0.2) is 75.3 Å². The van der Waals surface area contributed by atoms with Crippen molar-refractivity contribution >= 4 is 11.9 Å². The van der Waals surface area contributed by atoms with E-state index in [1.807, 2.05) is 18.5 Å². The number of piperidine rings is 2. The molecule has 0 bridgehead atoms. The molecule has 3 fully saturated rings. The van der Waals surface area contributed by atoms with Crippen LogP contribution >= 0.6 is 0 Å². The Balaban J connectivity index is 0.000000360. The molecule has 1 aromatic rings. The molecule has 2 N–H and O–H groups in total. The van der Waals surface area contributed by atoms with Crippen LogP contribution in [0.4, 0.5) is 13.2 Å². The highest BCUT2D eigenvalue weighted by Gasteiger charge is 2.41. The molecular weight excluding hydrogens is 427 g/mol. The molecule has 178 valence electrons. The van der Waals surface area contributed by atoms with E-state index >= 15 is 0 Å². The average Bonchev–Trinajstić information content (AvgIpc) is 2.74. The summed E-state index contributed by atoms with van der Waals surface area (Å²) in [7, 11) is 0. The number of nitrogens with zero attached hydrogens (tertiary/aromatic N) is 3. The Morgan fingerprint density at radius 2 is 1.66 bits per heavy atom. The predicted molar refractivity (Wildman–Crippen MR) is 109 cm³/mol. The topological polar surface area (TPSA) is 94.0 Å². The summed E-state index contributed by atoms with van der Waals surface area (Å²) >= 11 is 0. The quantitative estimate of drug-likeness (QED) is 0.725. The molecule has 2 aliphatic heterocycles.